The number of hydrogen-bond donors (Lipinski definition) is 2. The predicted molar refractivity (Wildman–Crippen MR) is 82.0 cm³/mol. The number of pyridine rings is 1. The van der Waals surface area contributed by atoms with E-state index in [-0.39, 0.29) is 11.8 Å². The third-order valence-electron chi connectivity index (χ3n) is 3.32. The fourth-order valence-corrected chi connectivity index (χ4v) is 2.08. The highest BCUT2D eigenvalue weighted by atomic mass is 16.5. The average molecular weight is 297 g/mol. The number of hydrogen-bond acceptors (Lipinski definition) is 4. The number of benzene rings is 1. The van der Waals surface area contributed by atoms with Gasteiger partial charge in [-0.15, -0.1) is 0 Å². The van der Waals surface area contributed by atoms with Gasteiger partial charge in [0.2, 0.25) is 0 Å². The number of ether oxygens (including phenoxy) is 1. The number of amides is 2. The van der Waals surface area contributed by atoms with Gasteiger partial charge in [0, 0.05) is 24.1 Å². The van der Waals surface area contributed by atoms with E-state index in [1.54, 1.807) is 50.4 Å². The summed E-state index contributed by atoms with van der Waals surface area (Å²) in [5, 5.41) is 5.55. The van der Waals surface area contributed by atoms with Crippen LogP contribution in [0.5, 0.6) is 5.75 Å². The lowest BCUT2D eigenvalue weighted by molar-refractivity contribution is -0.129. The SMILES string of the molecule is CC1(C)Oc2cc(NC(=O)c3cccnc3)ccc2NC1=O. The molecule has 112 valence electrons. The first-order valence-electron chi connectivity index (χ1n) is 6.81. The molecule has 3 rings (SSSR count). The van der Waals surface area contributed by atoms with E-state index in [2.05, 4.69) is 15.6 Å². The number of aromatic nitrogens is 1. The van der Waals surface area contributed by atoms with Gasteiger partial charge in [-0.25, -0.2) is 0 Å². The van der Waals surface area contributed by atoms with Crippen molar-refractivity contribution in [2.45, 2.75) is 19.4 Å². The summed E-state index contributed by atoms with van der Waals surface area (Å²) in [7, 11) is 0. The second kappa shape index (κ2) is 5.14. The summed E-state index contributed by atoms with van der Waals surface area (Å²) in [6.45, 7) is 3.37. The zero-order valence-electron chi connectivity index (χ0n) is 12.2. The Morgan fingerprint density at radius 3 is 2.86 bits per heavy atom. The molecule has 0 spiro atoms. The Morgan fingerprint density at radius 1 is 1.32 bits per heavy atom. The second-order valence-corrected chi connectivity index (χ2v) is 5.47. The molecule has 1 aliphatic heterocycles. The van der Waals surface area contributed by atoms with Crippen LogP contribution in [-0.4, -0.2) is 22.4 Å². The molecule has 0 unspecified atom stereocenters. The molecule has 1 aromatic carbocycles. The number of nitrogens with zero attached hydrogens (tertiary/aromatic N) is 1. The van der Waals surface area contributed by atoms with Gasteiger partial charge in [-0.1, -0.05) is 0 Å². The zero-order valence-corrected chi connectivity index (χ0v) is 12.2. The molecule has 2 aromatic rings. The van der Waals surface area contributed by atoms with Crippen LogP contribution in [0.4, 0.5) is 11.4 Å². The number of carbonyl (C=O) groups excluding carboxylic acids is 2. The Balaban J connectivity index is 1.83. The molecule has 22 heavy (non-hydrogen) atoms. The normalized spacial score (nSPS) is 15.3. The van der Waals surface area contributed by atoms with Crippen LogP contribution in [0.1, 0.15) is 24.2 Å². The third kappa shape index (κ3) is 2.63. The largest absolute Gasteiger partial charge is 0.476 e. The number of carbonyl (C=O) groups is 2. The van der Waals surface area contributed by atoms with Crippen LogP contribution in [0.2, 0.25) is 0 Å². The molecule has 0 saturated carbocycles. The Labute approximate surface area is 127 Å². The number of anilines is 2. The average Bonchev–Trinajstić information content (AvgIpc) is 2.49. The van der Waals surface area contributed by atoms with Gasteiger partial charge in [-0.2, -0.15) is 0 Å². The Morgan fingerprint density at radius 2 is 2.14 bits per heavy atom. The van der Waals surface area contributed by atoms with Crippen molar-refractivity contribution in [3.63, 3.8) is 0 Å². The first-order valence-corrected chi connectivity index (χ1v) is 6.81. The Bertz CT molecular complexity index is 742. The minimum atomic E-state index is -0.945. The first-order chi connectivity index (χ1) is 10.5. The van der Waals surface area contributed by atoms with E-state index in [0.29, 0.717) is 22.7 Å². The predicted octanol–water partition coefficient (Wildman–Crippen LogP) is 2.44. The maximum Gasteiger partial charge on any atom is 0.268 e. The van der Waals surface area contributed by atoms with Crippen molar-refractivity contribution in [2.24, 2.45) is 0 Å². The van der Waals surface area contributed by atoms with Crippen molar-refractivity contribution >= 4 is 23.2 Å². The van der Waals surface area contributed by atoms with E-state index >= 15 is 0 Å². The molecule has 0 saturated heterocycles. The summed E-state index contributed by atoms with van der Waals surface area (Å²) in [4.78, 5) is 27.8. The van der Waals surface area contributed by atoms with Gasteiger partial charge < -0.3 is 15.4 Å². The lowest BCUT2D eigenvalue weighted by Crippen LogP contribution is -2.45. The van der Waals surface area contributed by atoms with Crippen LogP contribution in [0.25, 0.3) is 0 Å². The van der Waals surface area contributed by atoms with Gasteiger partial charge in [0.05, 0.1) is 11.3 Å². The summed E-state index contributed by atoms with van der Waals surface area (Å²) >= 11 is 0. The van der Waals surface area contributed by atoms with Gasteiger partial charge in [-0.05, 0) is 38.1 Å². The summed E-state index contributed by atoms with van der Waals surface area (Å²) in [5.41, 5.74) is 0.692. The van der Waals surface area contributed by atoms with Gasteiger partial charge in [0.1, 0.15) is 5.75 Å². The molecule has 6 heteroatoms. The van der Waals surface area contributed by atoms with Gasteiger partial charge >= 0.3 is 0 Å². The molecule has 1 aromatic heterocycles. The summed E-state index contributed by atoms with van der Waals surface area (Å²) in [5.74, 6) is 0.0629. The molecule has 2 amide bonds. The molecule has 2 N–H and O–H groups in total. The van der Waals surface area contributed by atoms with E-state index in [1.165, 1.54) is 6.20 Å². The van der Waals surface area contributed by atoms with Crippen LogP contribution in [-0.2, 0) is 4.79 Å². The molecule has 0 fully saturated rings. The number of nitrogens with one attached hydrogen (secondary N) is 2. The highest BCUT2D eigenvalue weighted by Crippen LogP contribution is 2.35. The quantitative estimate of drug-likeness (QED) is 0.892. The van der Waals surface area contributed by atoms with E-state index in [4.69, 9.17) is 4.74 Å². The van der Waals surface area contributed by atoms with Crippen LogP contribution < -0.4 is 15.4 Å². The molecule has 0 aliphatic carbocycles. The topological polar surface area (TPSA) is 80.3 Å². The highest BCUT2D eigenvalue weighted by Gasteiger charge is 2.35. The lowest BCUT2D eigenvalue weighted by atomic mass is 10.1. The second-order valence-electron chi connectivity index (χ2n) is 5.47. The van der Waals surface area contributed by atoms with Crippen LogP contribution in [0.15, 0.2) is 42.7 Å². The van der Waals surface area contributed by atoms with E-state index in [9.17, 15) is 9.59 Å². The summed E-state index contributed by atoms with van der Waals surface area (Å²) < 4.78 is 5.68. The van der Waals surface area contributed by atoms with Crippen molar-refractivity contribution in [3.8, 4) is 5.75 Å². The fraction of sp³-hybridized carbons (Fsp3) is 0.188. The Hall–Kier alpha value is -2.89. The van der Waals surface area contributed by atoms with Gasteiger partial charge in [0.15, 0.2) is 5.60 Å². The molecule has 6 nitrogen and oxygen atoms in total. The Kier molecular flexibility index (Phi) is 3.29. The minimum absolute atomic E-state index is 0.202. The van der Waals surface area contributed by atoms with Crippen molar-refractivity contribution in [1.82, 2.24) is 4.98 Å². The molecule has 0 radical (unpaired) electrons. The number of rotatable bonds is 2. The monoisotopic (exact) mass is 297 g/mol. The van der Waals surface area contributed by atoms with Crippen molar-refractivity contribution in [2.75, 3.05) is 10.6 Å². The van der Waals surface area contributed by atoms with Gasteiger partial charge in [0.25, 0.3) is 11.8 Å². The van der Waals surface area contributed by atoms with E-state index < -0.39 is 5.60 Å². The van der Waals surface area contributed by atoms with Crippen LogP contribution in [0, 0.1) is 0 Å². The summed E-state index contributed by atoms with van der Waals surface area (Å²) in [6.07, 6.45) is 3.10. The summed E-state index contributed by atoms with van der Waals surface area (Å²) in [6, 6.07) is 8.46. The molecule has 1 aliphatic rings. The molecule has 0 atom stereocenters. The standard InChI is InChI=1S/C16H15N3O3/c1-16(2)15(21)19-12-6-5-11(8-13(12)22-16)18-14(20)10-4-3-7-17-9-10/h3-9H,1-2H3,(H,18,20)(H,19,21). The van der Waals surface area contributed by atoms with Gasteiger partial charge in [-0.3, -0.25) is 14.6 Å². The van der Waals surface area contributed by atoms with Crippen LogP contribution >= 0.6 is 0 Å². The first kappa shape index (κ1) is 14.1. The molecular formula is C16H15N3O3. The maximum absolute atomic E-state index is 12.1. The van der Waals surface area contributed by atoms with Crippen LogP contribution in [0.3, 0.4) is 0 Å². The third-order valence-corrected chi connectivity index (χ3v) is 3.32. The van der Waals surface area contributed by atoms with Crippen molar-refractivity contribution in [3.05, 3.63) is 48.3 Å². The lowest BCUT2D eigenvalue weighted by Gasteiger charge is -2.31. The van der Waals surface area contributed by atoms with E-state index in [0.717, 1.165) is 0 Å². The smallest absolute Gasteiger partial charge is 0.268 e. The van der Waals surface area contributed by atoms with Crippen molar-refractivity contribution in [1.29, 1.82) is 0 Å². The zero-order chi connectivity index (χ0) is 15.7. The van der Waals surface area contributed by atoms with Crippen molar-refractivity contribution < 1.29 is 14.3 Å². The highest BCUT2D eigenvalue weighted by molar-refractivity contribution is 6.05. The maximum atomic E-state index is 12.1. The molecule has 0 bridgehead atoms. The molecule has 2 heterocycles. The molecular weight excluding hydrogens is 282 g/mol. The van der Waals surface area contributed by atoms with E-state index in [1.807, 2.05) is 0 Å². The number of fused-ring (bicyclic) bond motifs is 1. The minimum Gasteiger partial charge on any atom is -0.476 e. The fourth-order valence-electron chi connectivity index (χ4n) is 2.08.